The Labute approximate surface area is 187 Å². The summed E-state index contributed by atoms with van der Waals surface area (Å²) in [6, 6.07) is 12.5. The van der Waals surface area contributed by atoms with Crippen LogP contribution >= 0.6 is 11.6 Å². The summed E-state index contributed by atoms with van der Waals surface area (Å²) in [6.07, 6.45) is 0.663. The van der Waals surface area contributed by atoms with Crippen LogP contribution in [0.3, 0.4) is 0 Å². The van der Waals surface area contributed by atoms with Crippen molar-refractivity contribution in [2.75, 3.05) is 25.6 Å². The van der Waals surface area contributed by atoms with Crippen LogP contribution in [0.1, 0.15) is 31.4 Å². The van der Waals surface area contributed by atoms with Gasteiger partial charge in [0, 0.05) is 23.9 Å². The van der Waals surface area contributed by atoms with Gasteiger partial charge in [-0.15, -0.1) is 0 Å². The third-order valence-electron chi connectivity index (χ3n) is 5.05. The highest BCUT2D eigenvalue weighted by molar-refractivity contribution is 6.36. The first-order chi connectivity index (χ1) is 14.8. The molecule has 0 aromatic heterocycles. The van der Waals surface area contributed by atoms with Crippen LogP contribution in [0.15, 0.2) is 48.2 Å². The zero-order valence-electron chi connectivity index (χ0n) is 18.2. The summed E-state index contributed by atoms with van der Waals surface area (Å²) >= 11 is 6.24. The van der Waals surface area contributed by atoms with E-state index in [1.165, 1.54) is 4.90 Å². The number of nitrogens with zero attached hydrogens (tertiary/aromatic N) is 1. The molecule has 0 aliphatic carbocycles. The molecule has 0 unspecified atom stereocenters. The molecule has 0 atom stereocenters. The molecule has 1 aliphatic rings. The van der Waals surface area contributed by atoms with E-state index in [0.717, 1.165) is 5.56 Å². The van der Waals surface area contributed by atoms with E-state index in [4.69, 9.17) is 21.1 Å². The van der Waals surface area contributed by atoms with E-state index < -0.39 is 0 Å². The van der Waals surface area contributed by atoms with E-state index in [1.807, 2.05) is 26.8 Å². The minimum atomic E-state index is -0.361. The van der Waals surface area contributed by atoms with Crippen LogP contribution in [0, 0.1) is 6.92 Å². The third kappa shape index (κ3) is 5.09. The number of benzene rings is 2. The topological polar surface area (TPSA) is 67.9 Å². The largest absolute Gasteiger partial charge is 0.497 e. The quantitative estimate of drug-likeness (QED) is 0.451. The number of carbonyl (C=O) groups excluding carboxylic acids is 2. The summed E-state index contributed by atoms with van der Waals surface area (Å²) in [6.45, 7) is 6.52. The predicted octanol–water partition coefficient (Wildman–Crippen LogP) is 4.66. The van der Waals surface area contributed by atoms with Crippen molar-refractivity contribution in [2.45, 2.75) is 33.3 Å². The zero-order chi connectivity index (χ0) is 22.5. The second kappa shape index (κ2) is 9.98. The fourth-order valence-electron chi connectivity index (χ4n) is 3.34. The van der Waals surface area contributed by atoms with Gasteiger partial charge >= 0.3 is 0 Å². The van der Waals surface area contributed by atoms with E-state index in [-0.39, 0.29) is 30.2 Å². The van der Waals surface area contributed by atoms with Crippen LogP contribution in [-0.4, -0.2) is 43.1 Å². The molecule has 7 heteroatoms. The van der Waals surface area contributed by atoms with Crippen LogP contribution in [0.2, 0.25) is 5.02 Å². The van der Waals surface area contributed by atoms with Crippen LogP contribution < -0.4 is 10.1 Å². The Bertz CT molecular complexity index is 999. The second-order valence-electron chi connectivity index (χ2n) is 7.55. The van der Waals surface area contributed by atoms with Crippen LogP contribution in [0.4, 0.5) is 5.69 Å². The van der Waals surface area contributed by atoms with Gasteiger partial charge < -0.3 is 14.8 Å². The Kier molecular flexibility index (Phi) is 7.36. The molecule has 0 bridgehead atoms. The van der Waals surface area contributed by atoms with Crippen molar-refractivity contribution >= 4 is 34.7 Å². The SMILES string of the molecule is COc1ccc(C2=C(Nc3cccc(Cl)c3C)C(=O)N(CCCOC(C)C)C2=O)cc1. The molecule has 1 N–H and O–H groups in total. The predicted molar refractivity (Wildman–Crippen MR) is 122 cm³/mol. The normalized spacial score (nSPS) is 14.1. The summed E-state index contributed by atoms with van der Waals surface area (Å²) in [5, 5.41) is 3.75. The van der Waals surface area contributed by atoms with Gasteiger partial charge in [-0.05, 0) is 62.6 Å². The molecule has 2 aromatic carbocycles. The number of rotatable bonds is 9. The molecular weight excluding hydrogens is 416 g/mol. The molecule has 1 heterocycles. The Balaban J connectivity index is 1.94. The minimum absolute atomic E-state index is 0.0981. The van der Waals surface area contributed by atoms with Crippen LogP contribution in [-0.2, 0) is 14.3 Å². The Hall–Kier alpha value is -2.83. The lowest BCUT2D eigenvalue weighted by atomic mass is 10.0. The number of hydrogen-bond acceptors (Lipinski definition) is 5. The summed E-state index contributed by atoms with van der Waals surface area (Å²) in [5.74, 6) is -0.0226. The number of halogens is 1. The Morgan fingerprint density at radius 3 is 2.42 bits per heavy atom. The maximum absolute atomic E-state index is 13.3. The number of imide groups is 1. The molecule has 0 saturated heterocycles. The lowest BCUT2D eigenvalue weighted by Crippen LogP contribution is -2.34. The summed E-state index contributed by atoms with van der Waals surface area (Å²) in [7, 11) is 1.58. The second-order valence-corrected chi connectivity index (χ2v) is 7.96. The van der Waals surface area contributed by atoms with Gasteiger partial charge in [0.25, 0.3) is 11.8 Å². The number of methoxy groups -OCH3 is 1. The standard InChI is InChI=1S/C24H27ClN2O4/c1-15(2)31-14-6-13-27-23(28)21(17-9-11-18(30-4)12-10-17)22(24(27)29)26-20-8-5-7-19(25)16(20)3/h5,7-12,15,26H,6,13-14H2,1-4H3. The van der Waals surface area contributed by atoms with Gasteiger partial charge in [-0.2, -0.15) is 0 Å². The smallest absolute Gasteiger partial charge is 0.278 e. The van der Waals surface area contributed by atoms with Crippen molar-refractivity contribution < 1.29 is 19.1 Å². The molecule has 0 saturated carbocycles. The average Bonchev–Trinajstić information content (AvgIpc) is 2.98. The van der Waals surface area contributed by atoms with Crippen molar-refractivity contribution in [3.8, 4) is 5.75 Å². The summed E-state index contributed by atoms with van der Waals surface area (Å²) in [5.41, 5.74) is 2.69. The monoisotopic (exact) mass is 442 g/mol. The van der Waals surface area contributed by atoms with Crippen molar-refractivity contribution in [2.24, 2.45) is 0 Å². The first-order valence-electron chi connectivity index (χ1n) is 10.2. The average molecular weight is 443 g/mol. The number of hydrogen-bond donors (Lipinski definition) is 1. The molecule has 164 valence electrons. The lowest BCUT2D eigenvalue weighted by Gasteiger charge is -2.16. The molecule has 0 spiro atoms. The number of anilines is 1. The molecule has 31 heavy (non-hydrogen) atoms. The van der Waals surface area contributed by atoms with Crippen molar-refractivity contribution in [3.05, 3.63) is 64.3 Å². The maximum Gasteiger partial charge on any atom is 0.278 e. The number of amides is 2. The molecule has 6 nitrogen and oxygen atoms in total. The molecule has 1 aliphatic heterocycles. The molecule has 0 radical (unpaired) electrons. The first-order valence-corrected chi connectivity index (χ1v) is 10.6. The molecular formula is C24H27ClN2O4. The van der Waals surface area contributed by atoms with Gasteiger partial charge in [0.2, 0.25) is 0 Å². The molecule has 3 rings (SSSR count). The third-order valence-corrected chi connectivity index (χ3v) is 5.46. The van der Waals surface area contributed by atoms with Gasteiger partial charge in [0.1, 0.15) is 11.4 Å². The number of nitrogens with one attached hydrogen (secondary N) is 1. The molecule has 2 aromatic rings. The van der Waals surface area contributed by atoms with Crippen LogP contribution in [0.5, 0.6) is 5.75 Å². The van der Waals surface area contributed by atoms with Crippen LogP contribution in [0.25, 0.3) is 5.57 Å². The fraction of sp³-hybridized carbons (Fsp3) is 0.333. The zero-order valence-corrected chi connectivity index (χ0v) is 19.0. The van der Waals surface area contributed by atoms with Crippen molar-refractivity contribution in [1.29, 1.82) is 0 Å². The summed E-state index contributed by atoms with van der Waals surface area (Å²) in [4.78, 5) is 27.8. The highest BCUT2D eigenvalue weighted by Gasteiger charge is 2.39. The van der Waals surface area contributed by atoms with E-state index in [9.17, 15) is 9.59 Å². The van der Waals surface area contributed by atoms with Gasteiger partial charge in [0.15, 0.2) is 0 Å². The molecule has 2 amide bonds. The fourth-order valence-corrected chi connectivity index (χ4v) is 3.51. The maximum atomic E-state index is 13.3. The Morgan fingerprint density at radius 2 is 1.77 bits per heavy atom. The van der Waals surface area contributed by atoms with Crippen molar-refractivity contribution in [1.82, 2.24) is 4.90 Å². The van der Waals surface area contributed by atoms with E-state index >= 15 is 0 Å². The van der Waals surface area contributed by atoms with Crippen molar-refractivity contribution in [3.63, 3.8) is 0 Å². The number of carbonyl (C=O) groups is 2. The van der Waals surface area contributed by atoms with E-state index in [2.05, 4.69) is 5.32 Å². The first kappa shape index (κ1) is 22.8. The highest BCUT2D eigenvalue weighted by atomic mass is 35.5. The van der Waals surface area contributed by atoms with E-state index in [1.54, 1.807) is 43.5 Å². The number of ether oxygens (including phenoxy) is 2. The lowest BCUT2D eigenvalue weighted by molar-refractivity contribution is -0.137. The molecule has 0 fully saturated rings. The van der Waals surface area contributed by atoms with Gasteiger partial charge in [-0.1, -0.05) is 29.8 Å². The van der Waals surface area contributed by atoms with E-state index in [0.29, 0.717) is 40.6 Å². The highest BCUT2D eigenvalue weighted by Crippen LogP contribution is 2.33. The van der Waals surface area contributed by atoms with Gasteiger partial charge in [-0.25, -0.2) is 0 Å². The summed E-state index contributed by atoms with van der Waals surface area (Å²) < 4.78 is 10.8. The van der Waals surface area contributed by atoms with Gasteiger partial charge in [-0.3, -0.25) is 14.5 Å². The Morgan fingerprint density at radius 1 is 1.06 bits per heavy atom. The van der Waals surface area contributed by atoms with Gasteiger partial charge in [0.05, 0.1) is 18.8 Å². The minimum Gasteiger partial charge on any atom is -0.497 e.